The third kappa shape index (κ3) is 3.09. The fraction of sp³-hybridized carbons (Fsp3) is 0.385. The molecule has 1 aromatic rings. The number of hydrogen-bond donors (Lipinski definition) is 0. The van der Waals surface area contributed by atoms with Crippen LogP contribution in [0.5, 0.6) is 0 Å². The van der Waals surface area contributed by atoms with E-state index in [9.17, 15) is 8.42 Å². The van der Waals surface area contributed by atoms with Gasteiger partial charge in [0.05, 0.1) is 11.5 Å². The Hall–Kier alpha value is -1.29. The van der Waals surface area contributed by atoms with Crippen molar-refractivity contribution >= 4 is 9.84 Å². The number of aryl methyl sites for hydroxylation is 1. The smallest absolute Gasteiger partial charge is 0.185 e. The minimum absolute atomic E-state index is 0.0317. The molecule has 0 saturated heterocycles. The van der Waals surface area contributed by atoms with Crippen LogP contribution in [0.3, 0.4) is 0 Å². The lowest BCUT2D eigenvalue weighted by molar-refractivity contribution is 0.196. The van der Waals surface area contributed by atoms with Crippen LogP contribution in [0.4, 0.5) is 0 Å². The zero-order chi connectivity index (χ0) is 12.3. The minimum atomic E-state index is -3.27. The fourth-order valence-corrected chi connectivity index (χ4v) is 3.02. The molecule has 0 spiro atoms. The maximum absolute atomic E-state index is 12.1. The first-order valence-electron chi connectivity index (χ1n) is 5.69. The summed E-state index contributed by atoms with van der Waals surface area (Å²) in [7, 11) is -3.27. The minimum Gasteiger partial charge on any atom is -0.497 e. The largest absolute Gasteiger partial charge is 0.497 e. The molecular formula is C13H16O3S. The van der Waals surface area contributed by atoms with E-state index in [0.29, 0.717) is 17.3 Å². The third-order valence-corrected chi connectivity index (χ3v) is 4.38. The van der Waals surface area contributed by atoms with E-state index in [1.54, 1.807) is 12.1 Å². The summed E-state index contributed by atoms with van der Waals surface area (Å²) in [6, 6.07) is 6.91. The quantitative estimate of drug-likeness (QED) is 0.830. The molecule has 0 fully saturated rings. The maximum Gasteiger partial charge on any atom is 0.185 e. The number of rotatable bonds is 3. The Morgan fingerprint density at radius 2 is 1.94 bits per heavy atom. The second-order valence-corrected chi connectivity index (χ2v) is 6.22. The number of sulfone groups is 1. The van der Waals surface area contributed by atoms with Gasteiger partial charge in [-0.15, -0.1) is 0 Å². The number of allylic oxidation sites excluding steroid dienone is 1. The highest BCUT2D eigenvalue weighted by Crippen LogP contribution is 2.18. The van der Waals surface area contributed by atoms with Gasteiger partial charge >= 0.3 is 0 Å². The maximum atomic E-state index is 12.1. The Kier molecular flexibility index (Phi) is 3.52. The SMILES string of the molecule is Cc1ccc(S(=O)(=O)CC2=CCCCO2)cc1. The molecule has 0 radical (unpaired) electrons. The van der Waals surface area contributed by atoms with Crippen molar-refractivity contribution in [1.29, 1.82) is 0 Å². The van der Waals surface area contributed by atoms with E-state index in [1.165, 1.54) is 0 Å². The second kappa shape index (κ2) is 4.92. The molecule has 1 heterocycles. The molecule has 1 aliphatic rings. The van der Waals surface area contributed by atoms with E-state index < -0.39 is 9.84 Å². The zero-order valence-electron chi connectivity index (χ0n) is 9.85. The van der Waals surface area contributed by atoms with Gasteiger partial charge in [-0.25, -0.2) is 8.42 Å². The van der Waals surface area contributed by atoms with E-state index in [2.05, 4.69) is 0 Å². The molecule has 0 N–H and O–H groups in total. The lowest BCUT2D eigenvalue weighted by Crippen LogP contribution is -2.13. The van der Waals surface area contributed by atoms with Crippen LogP contribution < -0.4 is 0 Å². The predicted molar refractivity (Wildman–Crippen MR) is 66.5 cm³/mol. The lowest BCUT2D eigenvalue weighted by atomic mass is 10.2. The first-order chi connectivity index (χ1) is 8.08. The summed E-state index contributed by atoms with van der Waals surface area (Å²) in [6.45, 7) is 2.55. The average molecular weight is 252 g/mol. The number of hydrogen-bond acceptors (Lipinski definition) is 3. The summed E-state index contributed by atoms with van der Waals surface area (Å²) in [5, 5.41) is 0. The van der Waals surface area contributed by atoms with Gasteiger partial charge in [0.15, 0.2) is 9.84 Å². The van der Waals surface area contributed by atoms with E-state index in [4.69, 9.17) is 4.74 Å². The van der Waals surface area contributed by atoms with Crippen LogP contribution >= 0.6 is 0 Å². The topological polar surface area (TPSA) is 43.4 Å². The molecule has 0 aliphatic carbocycles. The summed E-state index contributed by atoms with van der Waals surface area (Å²) in [5.41, 5.74) is 1.05. The molecule has 0 saturated carbocycles. The van der Waals surface area contributed by atoms with Gasteiger partial charge in [-0.3, -0.25) is 0 Å². The molecule has 0 amide bonds. The zero-order valence-corrected chi connectivity index (χ0v) is 10.7. The summed E-state index contributed by atoms with van der Waals surface area (Å²) >= 11 is 0. The second-order valence-electron chi connectivity index (χ2n) is 4.23. The standard InChI is InChI=1S/C13H16O3S/c1-11-5-7-13(8-6-11)17(14,15)10-12-4-2-3-9-16-12/h4-8H,2-3,9-10H2,1H3. The highest BCUT2D eigenvalue weighted by atomic mass is 32.2. The Morgan fingerprint density at radius 1 is 1.24 bits per heavy atom. The van der Waals surface area contributed by atoms with Crippen molar-refractivity contribution in [3.63, 3.8) is 0 Å². The normalized spacial score (nSPS) is 16.2. The molecule has 0 unspecified atom stereocenters. The van der Waals surface area contributed by atoms with E-state index in [0.717, 1.165) is 18.4 Å². The number of benzene rings is 1. The van der Waals surface area contributed by atoms with Crippen LogP contribution in [-0.2, 0) is 14.6 Å². The van der Waals surface area contributed by atoms with Gasteiger partial charge < -0.3 is 4.74 Å². The first-order valence-corrected chi connectivity index (χ1v) is 7.34. The van der Waals surface area contributed by atoms with Crippen LogP contribution in [0.15, 0.2) is 41.0 Å². The molecular weight excluding hydrogens is 236 g/mol. The van der Waals surface area contributed by atoms with E-state index >= 15 is 0 Å². The molecule has 0 aromatic heterocycles. The van der Waals surface area contributed by atoms with Gasteiger partial charge in [0.1, 0.15) is 11.5 Å². The molecule has 3 nitrogen and oxygen atoms in total. The monoisotopic (exact) mass is 252 g/mol. The Labute approximate surface area is 102 Å². The van der Waals surface area contributed by atoms with Gasteiger partial charge in [-0.2, -0.15) is 0 Å². The van der Waals surface area contributed by atoms with Crippen molar-refractivity contribution in [2.24, 2.45) is 0 Å². The third-order valence-electron chi connectivity index (χ3n) is 2.72. The van der Waals surface area contributed by atoms with Crippen molar-refractivity contribution in [3.8, 4) is 0 Å². The molecule has 1 aliphatic heterocycles. The first kappa shape index (κ1) is 12.2. The van der Waals surface area contributed by atoms with Gasteiger partial charge in [-0.1, -0.05) is 17.7 Å². The summed E-state index contributed by atoms with van der Waals surface area (Å²) in [6.07, 6.45) is 3.74. The van der Waals surface area contributed by atoms with Crippen molar-refractivity contribution in [2.45, 2.75) is 24.7 Å². The predicted octanol–water partition coefficient (Wildman–Crippen LogP) is 2.46. The van der Waals surface area contributed by atoms with E-state index in [1.807, 2.05) is 25.1 Å². The van der Waals surface area contributed by atoms with Crippen LogP contribution in [0.2, 0.25) is 0 Å². The van der Waals surface area contributed by atoms with E-state index in [-0.39, 0.29) is 5.75 Å². The van der Waals surface area contributed by atoms with Crippen LogP contribution in [-0.4, -0.2) is 20.8 Å². The molecule has 0 atom stereocenters. The summed E-state index contributed by atoms with van der Waals surface area (Å²) < 4.78 is 29.5. The Morgan fingerprint density at radius 3 is 2.53 bits per heavy atom. The van der Waals surface area contributed by atoms with Crippen molar-refractivity contribution in [1.82, 2.24) is 0 Å². The lowest BCUT2D eigenvalue weighted by Gasteiger charge is -2.15. The molecule has 92 valence electrons. The number of ether oxygens (including phenoxy) is 1. The molecule has 0 bridgehead atoms. The van der Waals surface area contributed by atoms with Crippen LogP contribution in [0.1, 0.15) is 18.4 Å². The summed E-state index contributed by atoms with van der Waals surface area (Å²) in [5.74, 6) is 0.549. The van der Waals surface area contributed by atoms with Crippen molar-refractivity contribution in [2.75, 3.05) is 12.4 Å². The molecule has 4 heteroatoms. The molecule has 17 heavy (non-hydrogen) atoms. The van der Waals surface area contributed by atoms with Crippen LogP contribution in [0.25, 0.3) is 0 Å². The summed E-state index contributed by atoms with van der Waals surface area (Å²) in [4.78, 5) is 0.359. The van der Waals surface area contributed by atoms with Gasteiger partial charge in [-0.05, 0) is 38.0 Å². The highest BCUT2D eigenvalue weighted by molar-refractivity contribution is 7.91. The average Bonchev–Trinajstić information content (AvgIpc) is 2.30. The fourth-order valence-electron chi connectivity index (χ4n) is 1.73. The van der Waals surface area contributed by atoms with Crippen molar-refractivity contribution in [3.05, 3.63) is 41.7 Å². The van der Waals surface area contributed by atoms with Gasteiger partial charge in [0, 0.05) is 0 Å². The van der Waals surface area contributed by atoms with Gasteiger partial charge in [0.2, 0.25) is 0 Å². The Balaban J connectivity index is 2.18. The molecule has 1 aromatic carbocycles. The van der Waals surface area contributed by atoms with Gasteiger partial charge in [0.25, 0.3) is 0 Å². The van der Waals surface area contributed by atoms with Crippen molar-refractivity contribution < 1.29 is 13.2 Å². The molecule has 2 rings (SSSR count). The van der Waals surface area contributed by atoms with Crippen LogP contribution in [0, 0.1) is 6.92 Å². The Bertz CT molecular complexity index is 512. The highest BCUT2D eigenvalue weighted by Gasteiger charge is 2.18.